The number of benzene rings is 1. The van der Waals surface area contributed by atoms with Crippen LogP contribution in [-0.4, -0.2) is 17.7 Å². The normalized spacial score (nSPS) is 10.9. The molecule has 1 rings (SSSR count). The molecule has 0 fully saturated rings. The molecule has 0 aliphatic rings. The van der Waals surface area contributed by atoms with Gasteiger partial charge in [0.25, 0.3) is 0 Å². The Kier molecular flexibility index (Phi) is 4.51. The maximum Gasteiger partial charge on any atom is 0.416 e. The van der Waals surface area contributed by atoms with E-state index in [4.69, 9.17) is 10.4 Å². The molecule has 0 unspecified atom stereocenters. The molecule has 0 spiro atoms. The summed E-state index contributed by atoms with van der Waals surface area (Å²) in [4.78, 5) is 11.5. The highest BCUT2D eigenvalue weighted by atomic mass is 19.4. The van der Waals surface area contributed by atoms with Gasteiger partial charge in [-0.25, -0.2) is 4.79 Å². The van der Waals surface area contributed by atoms with Gasteiger partial charge in [0.1, 0.15) is 6.07 Å². The molecular weight excluding hydrogens is 263 g/mol. The number of aliphatic hydroxyl groups excluding tert-OH is 1. The number of nitriles is 1. The summed E-state index contributed by atoms with van der Waals surface area (Å²) < 4.78 is 42.7. The molecule has 102 valence electrons. The van der Waals surface area contributed by atoms with E-state index in [0.29, 0.717) is 6.07 Å². The fourth-order valence-electron chi connectivity index (χ4n) is 1.51. The number of rotatable bonds is 3. The largest absolute Gasteiger partial charge is 0.462 e. The number of hydrogen-bond donors (Lipinski definition) is 1. The number of nitrogens with zero attached hydrogens (tertiary/aromatic N) is 1. The minimum atomic E-state index is -4.71. The summed E-state index contributed by atoms with van der Waals surface area (Å²) in [5.41, 5.74) is -2.35. The highest BCUT2D eigenvalue weighted by molar-refractivity contribution is 5.92. The van der Waals surface area contributed by atoms with E-state index < -0.39 is 35.4 Å². The predicted octanol–water partition coefficient (Wildman–Crippen LogP) is 2.25. The molecule has 0 saturated heterocycles. The molecule has 0 aliphatic heterocycles. The third-order valence-corrected chi connectivity index (χ3v) is 2.33. The number of alkyl halides is 3. The maximum atomic E-state index is 12.7. The second-order valence-corrected chi connectivity index (χ2v) is 3.54. The number of carbonyl (C=O) groups excluding carboxylic acids is 1. The van der Waals surface area contributed by atoms with Crippen molar-refractivity contribution in [1.29, 1.82) is 5.26 Å². The summed E-state index contributed by atoms with van der Waals surface area (Å²) in [7, 11) is 0. The maximum absolute atomic E-state index is 12.7. The van der Waals surface area contributed by atoms with Crippen molar-refractivity contribution in [2.24, 2.45) is 0 Å². The molecule has 0 atom stereocenters. The molecule has 0 aliphatic carbocycles. The lowest BCUT2D eigenvalue weighted by Gasteiger charge is -2.14. The zero-order chi connectivity index (χ0) is 14.6. The van der Waals surface area contributed by atoms with Gasteiger partial charge >= 0.3 is 12.1 Å². The molecule has 1 aromatic rings. The smallest absolute Gasteiger partial charge is 0.416 e. The second-order valence-electron chi connectivity index (χ2n) is 3.54. The highest BCUT2D eigenvalue weighted by Crippen LogP contribution is 2.34. The van der Waals surface area contributed by atoms with Crippen molar-refractivity contribution < 1.29 is 27.8 Å². The lowest BCUT2D eigenvalue weighted by atomic mass is 9.99. The number of hydrogen-bond acceptors (Lipinski definition) is 4. The van der Waals surface area contributed by atoms with Crippen molar-refractivity contribution >= 4 is 5.97 Å². The monoisotopic (exact) mass is 273 g/mol. The van der Waals surface area contributed by atoms with E-state index in [1.165, 1.54) is 13.0 Å². The van der Waals surface area contributed by atoms with Gasteiger partial charge in [0.2, 0.25) is 0 Å². The second kappa shape index (κ2) is 5.71. The summed E-state index contributed by atoms with van der Waals surface area (Å²) in [6, 6.07) is 2.89. The molecule has 0 aromatic heterocycles. The zero-order valence-electron chi connectivity index (χ0n) is 9.91. The first-order chi connectivity index (χ1) is 8.85. The van der Waals surface area contributed by atoms with Crippen LogP contribution in [0, 0.1) is 11.3 Å². The van der Waals surface area contributed by atoms with E-state index in [0.717, 1.165) is 6.07 Å². The van der Waals surface area contributed by atoms with Crippen LogP contribution in [-0.2, 0) is 17.5 Å². The number of ether oxygens (including phenoxy) is 1. The van der Waals surface area contributed by atoms with Crippen molar-refractivity contribution in [3.8, 4) is 6.07 Å². The first-order valence-electron chi connectivity index (χ1n) is 5.27. The molecule has 0 heterocycles. The van der Waals surface area contributed by atoms with Gasteiger partial charge in [-0.05, 0) is 24.6 Å². The summed E-state index contributed by atoms with van der Waals surface area (Å²) in [6.07, 6.45) is -4.71. The standard InChI is InChI=1S/C12H10F3NO3/c1-2-19-11(18)9-3-8(6-17)10(12(13,14)15)4-7(9)5-16/h3-4,17H,2,6H2,1H3. The number of esters is 1. The Morgan fingerprint density at radius 1 is 1.47 bits per heavy atom. The van der Waals surface area contributed by atoms with Crippen LogP contribution in [0.25, 0.3) is 0 Å². The topological polar surface area (TPSA) is 70.3 Å². The van der Waals surface area contributed by atoms with E-state index in [-0.39, 0.29) is 12.2 Å². The fourth-order valence-corrected chi connectivity index (χ4v) is 1.51. The van der Waals surface area contributed by atoms with Crippen molar-refractivity contribution in [3.63, 3.8) is 0 Å². The van der Waals surface area contributed by atoms with Crippen molar-refractivity contribution in [3.05, 3.63) is 34.4 Å². The lowest BCUT2D eigenvalue weighted by molar-refractivity contribution is -0.138. The molecule has 0 saturated carbocycles. The average molecular weight is 273 g/mol. The first-order valence-corrected chi connectivity index (χ1v) is 5.27. The first kappa shape index (κ1) is 15.0. The summed E-state index contributed by atoms with van der Waals surface area (Å²) in [5.74, 6) is -0.900. The molecular formula is C12H10F3NO3. The van der Waals surface area contributed by atoms with Crippen molar-refractivity contribution in [2.75, 3.05) is 6.61 Å². The quantitative estimate of drug-likeness (QED) is 0.857. The fraction of sp³-hybridized carbons (Fsp3) is 0.333. The Morgan fingerprint density at radius 2 is 2.11 bits per heavy atom. The Bertz CT molecular complexity index is 532. The van der Waals surface area contributed by atoms with Crippen LogP contribution in [0.5, 0.6) is 0 Å². The minimum absolute atomic E-state index is 0.0270. The van der Waals surface area contributed by atoms with E-state index >= 15 is 0 Å². The van der Waals surface area contributed by atoms with Gasteiger partial charge < -0.3 is 9.84 Å². The molecule has 4 nitrogen and oxygen atoms in total. The number of halogens is 3. The van der Waals surface area contributed by atoms with Crippen LogP contribution in [0.2, 0.25) is 0 Å². The SMILES string of the molecule is CCOC(=O)c1cc(CO)c(C(F)(F)F)cc1C#N. The Hall–Kier alpha value is -2.07. The number of aliphatic hydroxyl groups is 1. The lowest BCUT2D eigenvalue weighted by Crippen LogP contribution is -2.14. The minimum Gasteiger partial charge on any atom is -0.462 e. The predicted molar refractivity (Wildman–Crippen MR) is 58.0 cm³/mol. The summed E-state index contributed by atoms with van der Waals surface area (Å²) in [6.45, 7) is 0.660. The van der Waals surface area contributed by atoms with Crippen LogP contribution < -0.4 is 0 Å². The summed E-state index contributed by atoms with van der Waals surface area (Å²) in [5, 5.41) is 17.7. The van der Waals surface area contributed by atoms with Gasteiger partial charge in [-0.15, -0.1) is 0 Å². The van der Waals surface area contributed by atoms with Gasteiger partial charge in [0, 0.05) is 0 Å². The molecule has 7 heteroatoms. The van der Waals surface area contributed by atoms with Crippen LogP contribution in [0.1, 0.15) is 34.0 Å². The Morgan fingerprint density at radius 3 is 2.53 bits per heavy atom. The van der Waals surface area contributed by atoms with Crippen LogP contribution >= 0.6 is 0 Å². The van der Waals surface area contributed by atoms with Gasteiger partial charge in [0.05, 0.1) is 29.9 Å². The van der Waals surface area contributed by atoms with E-state index in [1.807, 2.05) is 0 Å². The van der Waals surface area contributed by atoms with E-state index in [1.54, 1.807) is 0 Å². The van der Waals surface area contributed by atoms with Crippen LogP contribution in [0.15, 0.2) is 12.1 Å². The molecule has 1 N–H and O–H groups in total. The van der Waals surface area contributed by atoms with Gasteiger partial charge in [0.15, 0.2) is 0 Å². The Labute approximate surface area is 107 Å². The van der Waals surface area contributed by atoms with Gasteiger partial charge in [-0.1, -0.05) is 0 Å². The molecule has 0 amide bonds. The van der Waals surface area contributed by atoms with E-state index in [9.17, 15) is 18.0 Å². The molecule has 19 heavy (non-hydrogen) atoms. The molecule has 0 radical (unpaired) electrons. The average Bonchev–Trinajstić information content (AvgIpc) is 2.36. The number of carbonyl (C=O) groups is 1. The van der Waals surface area contributed by atoms with Crippen molar-refractivity contribution in [2.45, 2.75) is 19.7 Å². The van der Waals surface area contributed by atoms with Crippen LogP contribution in [0.3, 0.4) is 0 Å². The highest BCUT2D eigenvalue weighted by Gasteiger charge is 2.34. The third kappa shape index (κ3) is 3.23. The van der Waals surface area contributed by atoms with Crippen LogP contribution in [0.4, 0.5) is 13.2 Å². The van der Waals surface area contributed by atoms with E-state index in [2.05, 4.69) is 4.74 Å². The van der Waals surface area contributed by atoms with Gasteiger partial charge in [-0.3, -0.25) is 0 Å². The van der Waals surface area contributed by atoms with Gasteiger partial charge in [-0.2, -0.15) is 18.4 Å². The molecule has 0 bridgehead atoms. The zero-order valence-corrected chi connectivity index (χ0v) is 9.91. The third-order valence-electron chi connectivity index (χ3n) is 2.33. The Balaban J connectivity index is 3.45. The molecule has 1 aromatic carbocycles. The van der Waals surface area contributed by atoms with Crippen molar-refractivity contribution in [1.82, 2.24) is 0 Å². The summed E-state index contributed by atoms with van der Waals surface area (Å²) >= 11 is 0.